The van der Waals surface area contributed by atoms with Gasteiger partial charge in [-0.25, -0.2) is 14.4 Å². The van der Waals surface area contributed by atoms with Gasteiger partial charge < -0.3 is 9.84 Å². The molecule has 1 heterocycles. The van der Waals surface area contributed by atoms with Gasteiger partial charge >= 0.3 is 0 Å². The van der Waals surface area contributed by atoms with Crippen molar-refractivity contribution < 1.29 is 14.2 Å². The molecular weight excluding hydrogens is 211 g/mol. The molecule has 0 atom stereocenters. The van der Waals surface area contributed by atoms with Crippen LogP contribution in [0, 0.1) is 5.82 Å². The van der Waals surface area contributed by atoms with E-state index >= 15 is 0 Å². The zero-order valence-electron chi connectivity index (χ0n) is 8.51. The number of hydrogen-bond donors (Lipinski definition) is 1. The number of ether oxygens (including phenoxy) is 1. The molecule has 1 aromatic carbocycles. The van der Waals surface area contributed by atoms with E-state index in [1.165, 1.54) is 31.6 Å². The smallest absolute Gasteiger partial charge is 0.240 e. The third-order valence-corrected chi connectivity index (χ3v) is 2.07. The summed E-state index contributed by atoms with van der Waals surface area (Å²) in [5, 5.41) is 9.10. The maximum absolute atomic E-state index is 13.6. The Hall–Kier alpha value is -2.17. The number of hydrogen-bond acceptors (Lipinski definition) is 4. The number of aromatic hydroxyl groups is 1. The number of methoxy groups -OCH3 is 1. The first-order valence-corrected chi connectivity index (χ1v) is 4.56. The summed E-state index contributed by atoms with van der Waals surface area (Å²) in [5.41, 5.74) is 0.547. The van der Waals surface area contributed by atoms with Gasteiger partial charge in [0.2, 0.25) is 5.88 Å². The van der Waals surface area contributed by atoms with Crippen LogP contribution in [0.25, 0.3) is 11.3 Å². The van der Waals surface area contributed by atoms with Crippen molar-refractivity contribution >= 4 is 0 Å². The average Bonchev–Trinajstić information content (AvgIpc) is 2.29. The summed E-state index contributed by atoms with van der Waals surface area (Å²) >= 11 is 0. The van der Waals surface area contributed by atoms with Crippen LogP contribution in [-0.2, 0) is 0 Å². The SMILES string of the molecule is COc1nccnc1-c1ccc(O)cc1F. The molecule has 1 N–H and O–H groups in total. The lowest BCUT2D eigenvalue weighted by molar-refractivity contribution is 0.397. The molecule has 82 valence electrons. The summed E-state index contributed by atoms with van der Waals surface area (Å²) in [4.78, 5) is 7.92. The van der Waals surface area contributed by atoms with Gasteiger partial charge in [0, 0.05) is 24.0 Å². The highest BCUT2D eigenvalue weighted by molar-refractivity contribution is 5.65. The second kappa shape index (κ2) is 4.14. The maximum atomic E-state index is 13.6. The van der Waals surface area contributed by atoms with Crippen molar-refractivity contribution in [3.8, 4) is 22.9 Å². The summed E-state index contributed by atoms with van der Waals surface area (Å²) in [6, 6.07) is 3.83. The molecule has 0 saturated heterocycles. The Morgan fingerprint density at radius 2 is 2.00 bits per heavy atom. The molecule has 0 radical (unpaired) electrons. The summed E-state index contributed by atoms with van der Waals surface area (Å²) < 4.78 is 18.6. The molecule has 0 unspecified atom stereocenters. The fraction of sp³-hybridized carbons (Fsp3) is 0.0909. The predicted molar refractivity (Wildman–Crippen MR) is 55.6 cm³/mol. The van der Waals surface area contributed by atoms with E-state index < -0.39 is 5.82 Å². The fourth-order valence-corrected chi connectivity index (χ4v) is 1.36. The van der Waals surface area contributed by atoms with Crippen LogP contribution < -0.4 is 4.74 Å². The van der Waals surface area contributed by atoms with E-state index in [0.717, 1.165) is 6.07 Å². The topological polar surface area (TPSA) is 55.2 Å². The highest BCUT2D eigenvalue weighted by Gasteiger charge is 2.12. The number of aromatic nitrogens is 2. The summed E-state index contributed by atoms with van der Waals surface area (Å²) in [6.07, 6.45) is 2.91. The number of nitrogens with zero attached hydrogens (tertiary/aromatic N) is 2. The Labute approximate surface area is 91.4 Å². The molecule has 0 aliphatic rings. The van der Waals surface area contributed by atoms with Gasteiger partial charge in [-0.1, -0.05) is 0 Å². The highest BCUT2D eigenvalue weighted by atomic mass is 19.1. The standard InChI is InChI=1S/C11H9FN2O2/c1-16-11-10(13-4-5-14-11)8-3-2-7(15)6-9(8)12/h2-6,15H,1H3. The first kappa shape index (κ1) is 10.4. The number of halogens is 1. The molecule has 16 heavy (non-hydrogen) atoms. The molecule has 0 spiro atoms. The normalized spacial score (nSPS) is 10.1. The lowest BCUT2D eigenvalue weighted by Gasteiger charge is -2.06. The second-order valence-corrected chi connectivity index (χ2v) is 3.08. The molecule has 1 aromatic heterocycles. The van der Waals surface area contributed by atoms with E-state index in [1.54, 1.807) is 0 Å². The third kappa shape index (κ3) is 1.79. The van der Waals surface area contributed by atoms with Gasteiger partial charge in [-0.15, -0.1) is 0 Å². The van der Waals surface area contributed by atoms with Gasteiger partial charge in [0.25, 0.3) is 0 Å². The number of phenolic OH excluding ortho intramolecular Hbond substituents is 1. The minimum absolute atomic E-state index is 0.135. The van der Waals surface area contributed by atoms with Crippen molar-refractivity contribution in [2.75, 3.05) is 7.11 Å². The van der Waals surface area contributed by atoms with Crippen LogP contribution in [0.15, 0.2) is 30.6 Å². The molecule has 0 fully saturated rings. The van der Waals surface area contributed by atoms with Crippen molar-refractivity contribution in [1.82, 2.24) is 9.97 Å². The molecule has 0 amide bonds. The Bertz CT molecular complexity index is 517. The first-order valence-electron chi connectivity index (χ1n) is 4.56. The van der Waals surface area contributed by atoms with Gasteiger partial charge in [-0.05, 0) is 12.1 Å². The molecule has 0 aliphatic carbocycles. The van der Waals surface area contributed by atoms with Crippen LogP contribution in [0.5, 0.6) is 11.6 Å². The fourth-order valence-electron chi connectivity index (χ4n) is 1.36. The van der Waals surface area contributed by atoms with Gasteiger partial charge in [0.05, 0.1) is 7.11 Å². The molecule has 0 aliphatic heterocycles. The van der Waals surface area contributed by atoms with Crippen LogP contribution in [0.2, 0.25) is 0 Å². The van der Waals surface area contributed by atoms with Crippen LogP contribution in [0.1, 0.15) is 0 Å². The molecule has 0 saturated carbocycles. The molecule has 0 bridgehead atoms. The zero-order chi connectivity index (χ0) is 11.5. The minimum Gasteiger partial charge on any atom is -0.508 e. The van der Waals surface area contributed by atoms with Crippen molar-refractivity contribution in [2.45, 2.75) is 0 Å². The van der Waals surface area contributed by atoms with E-state index in [-0.39, 0.29) is 17.2 Å². The van der Waals surface area contributed by atoms with Gasteiger partial charge in [-0.2, -0.15) is 0 Å². The number of benzene rings is 1. The Morgan fingerprint density at radius 3 is 2.69 bits per heavy atom. The summed E-state index contributed by atoms with van der Waals surface area (Å²) in [6.45, 7) is 0. The molecule has 5 heteroatoms. The Balaban J connectivity index is 2.58. The van der Waals surface area contributed by atoms with Gasteiger partial charge in [0.15, 0.2) is 0 Å². The number of phenols is 1. The monoisotopic (exact) mass is 220 g/mol. The van der Waals surface area contributed by atoms with Gasteiger partial charge in [0.1, 0.15) is 17.3 Å². The lowest BCUT2D eigenvalue weighted by atomic mass is 10.1. The van der Waals surface area contributed by atoms with E-state index in [0.29, 0.717) is 5.69 Å². The molecule has 2 rings (SSSR count). The van der Waals surface area contributed by atoms with Crippen molar-refractivity contribution in [2.24, 2.45) is 0 Å². The average molecular weight is 220 g/mol. The lowest BCUT2D eigenvalue weighted by Crippen LogP contribution is -1.95. The van der Waals surface area contributed by atoms with E-state index in [1.807, 2.05) is 0 Å². The van der Waals surface area contributed by atoms with Crippen LogP contribution in [0.4, 0.5) is 4.39 Å². The molecular formula is C11H9FN2O2. The van der Waals surface area contributed by atoms with Crippen LogP contribution in [-0.4, -0.2) is 22.2 Å². The zero-order valence-corrected chi connectivity index (χ0v) is 8.51. The molecule has 2 aromatic rings. The Kier molecular flexibility index (Phi) is 2.68. The maximum Gasteiger partial charge on any atom is 0.240 e. The molecule has 4 nitrogen and oxygen atoms in total. The largest absolute Gasteiger partial charge is 0.508 e. The summed E-state index contributed by atoms with van der Waals surface area (Å²) in [7, 11) is 1.44. The Morgan fingerprint density at radius 1 is 1.25 bits per heavy atom. The van der Waals surface area contributed by atoms with E-state index in [9.17, 15) is 4.39 Å². The predicted octanol–water partition coefficient (Wildman–Crippen LogP) is 2.00. The van der Waals surface area contributed by atoms with E-state index in [4.69, 9.17) is 9.84 Å². The summed E-state index contributed by atoms with van der Waals surface area (Å²) in [5.74, 6) is -0.463. The van der Waals surface area contributed by atoms with Crippen molar-refractivity contribution in [1.29, 1.82) is 0 Å². The minimum atomic E-state index is -0.571. The first-order chi connectivity index (χ1) is 7.72. The van der Waals surface area contributed by atoms with Gasteiger partial charge in [-0.3, -0.25) is 0 Å². The second-order valence-electron chi connectivity index (χ2n) is 3.08. The third-order valence-electron chi connectivity index (χ3n) is 2.07. The van der Waals surface area contributed by atoms with Crippen LogP contribution >= 0.6 is 0 Å². The quantitative estimate of drug-likeness (QED) is 0.840. The highest BCUT2D eigenvalue weighted by Crippen LogP contribution is 2.29. The van der Waals surface area contributed by atoms with Crippen molar-refractivity contribution in [3.63, 3.8) is 0 Å². The van der Waals surface area contributed by atoms with Crippen LogP contribution in [0.3, 0.4) is 0 Å². The van der Waals surface area contributed by atoms with Crippen molar-refractivity contribution in [3.05, 3.63) is 36.4 Å². The van der Waals surface area contributed by atoms with E-state index in [2.05, 4.69) is 9.97 Å². The number of rotatable bonds is 2.